The summed E-state index contributed by atoms with van der Waals surface area (Å²) in [7, 11) is 1.73. The molecule has 2 nitrogen and oxygen atoms in total. The molecule has 0 saturated heterocycles. The molecule has 0 spiro atoms. The fourth-order valence-electron chi connectivity index (χ4n) is 2.56. The minimum absolute atomic E-state index is 0.485. The quantitative estimate of drug-likeness (QED) is 0.648. The van der Waals surface area contributed by atoms with Crippen LogP contribution < -0.4 is 10.1 Å². The third kappa shape index (κ3) is 3.05. The molecule has 0 aromatic heterocycles. The summed E-state index contributed by atoms with van der Waals surface area (Å²) in [5, 5.41) is 3.61. The molecule has 1 aromatic carbocycles. The highest BCUT2D eigenvalue weighted by molar-refractivity contribution is 5.39. The Balaban J connectivity index is 2.04. The fourth-order valence-corrected chi connectivity index (χ4v) is 2.56. The average molecular weight is 243 g/mol. The first-order valence-corrected chi connectivity index (χ1v) is 6.65. The molecule has 1 N–H and O–H groups in total. The van der Waals surface area contributed by atoms with E-state index in [2.05, 4.69) is 35.4 Å². The van der Waals surface area contributed by atoms with Gasteiger partial charge in [0.2, 0.25) is 0 Å². The van der Waals surface area contributed by atoms with E-state index in [0.29, 0.717) is 6.04 Å². The minimum atomic E-state index is 0.485. The zero-order chi connectivity index (χ0) is 12.8. The molecule has 0 heterocycles. The normalized spacial score (nSPS) is 17.6. The maximum atomic E-state index is 5.29. The smallest absolute Gasteiger partial charge is 0.119 e. The van der Waals surface area contributed by atoms with Crippen molar-refractivity contribution in [2.75, 3.05) is 13.7 Å². The van der Waals surface area contributed by atoms with Crippen LogP contribution in [0.2, 0.25) is 0 Å². The first-order valence-electron chi connectivity index (χ1n) is 6.65. The number of hydrogen-bond donors (Lipinski definition) is 1. The SMILES string of the molecule is CC#CCCNC1CCCc2cc(OC)ccc21. The van der Waals surface area contributed by atoms with E-state index in [1.165, 1.54) is 30.4 Å². The summed E-state index contributed by atoms with van der Waals surface area (Å²) in [6, 6.07) is 6.93. The summed E-state index contributed by atoms with van der Waals surface area (Å²) >= 11 is 0. The van der Waals surface area contributed by atoms with Crippen molar-refractivity contribution in [3.05, 3.63) is 29.3 Å². The Hall–Kier alpha value is -1.46. The summed E-state index contributed by atoms with van der Waals surface area (Å²) in [4.78, 5) is 0. The van der Waals surface area contributed by atoms with E-state index >= 15 is 0 Å². The summed E-state index contributed by atoms with van der Waals surface area (Å²) < 4.78 is 5.29. The van der Waals surface area contributed by atoms with Crippen LogP contribution in [0.1, 0.15) is 43.4 Å². The van der Waals surface area contributed by atoms with Crippen molar-refractivity contribution in [2.45, 2.75) is 38.6 Å². The number of aryl methyl sites for hydroxylation is 1. The van der Waals surface area contributed by atoms with Crippen LogP contribution in [0.5, 0.6) is 5.75 Å². The van der Waals surface area contributed by atoms with Crippen LogP contribution in [0, 0.1) is 11.8 Å². The molecule has 1 aliphatic rings. The van der Waals surface area contributed by atoms with Gasteiger partial charge in [-0.25, -0.2) is 0 Å². The number of hydrogen-bond acceptors (Lipinski definition) is 2. The van der Waals surface area contributed by atoms with E-state index in [4.69, 9.17) is 4.74 Å². The average Bonchev–Trinajstić information content (AvgIpc) is 2.43. The summed E-state index contributed by atoms with van der Waals surface area (Å²) in [5.74, 6) is 6.99. The second-order valence-corrected chi connectivity index (χ2v) is 4.64. The van der Waals surface area contributed by atoms with E-state index in [9.17, 15) is 0 Å². The van der Waals surface area contributed by atoms with Gasteiger partial charge in [0.15, 0.2) is 0 Å². The van der Waals surface area contributed by atoms with Crippen LogP contribution in [0.4, 0.5) is 0 Å². The van der Waals surface area contributed by atoms with E-state index < -0.39 is 0 Å². The zero-order valence-electron chi connectivity index (χ0n) is 11.3. The van der Waals surface area contributed by atoms with Gasteiger partial charge in [-0.15, -0.1) is 11.8 Å². The van der Waals surface area contributed by atoms with Gasteiger partial charge in [-0.2, -0.15) is 0 Å². The fraction of sp³-hybridized carbons (Fsp3) is 0.500. The van der Waals surface area contributed by atoms with Crippen LogP contribution in [-0.2, 0) is 6.42 Å². The first kappa shape index (κ1) is 13.0. The van der Waals surface area contributed by atoms with Gasteiger partial charge < -0.3 is 10.1 Å². The van der Waals surface area contributed by atoms with Crippen LogP contribution in [0.25, 0.3) is 0 Å². The molecule has 0 radical (unpaired) electrons. The molecular formula is C16H21NO. The standard InChI is InChI=1S/C16H21NO/c1-3-4-5-11-17-16-8-6-7-13-12-14(18-2)9-10-15(13)16/h9-10,12,16-17H,5-8,11H2,1-2H3. The van der Waals surface area contributed by atoms with Gasteiger partial charge in [-0.05, 0) is 49.4 Å². The molecule has 1 unspecified atom stereocenters. The first-order chi connectivity index (χ1) is 8.85. The van der Waals surface area contributed by atoms with Crippen LogP contribution in [0.15, 0.2) is 18.2 Å². The maximum Gasteiger partial charge on any atom is 0.119 e. The highest BCUT2D eigenvalue weighted by atomic mass is 16.5. The largest absolute Gasteiger partial charge is 0.497 e. The van der Waals surface area contributed by atoms with Gasteiger partial charge >= 0.3 is 0 Å². The summed E-state index contributed by atoms with van der Waals surface area (Å²) in [6.45, 7) is 2.86. The lowest BCUT2D eigenvalue weighted by Crippen LogP contribution is -2.25. The highest BCUT2D eigenvalue weighted by Crippen LogP contribution is 2.31. The van der Waals surface area contributed by atoms with Gasteiger partial charge in [0.05, 0.1) is 7.11 Å². The number of nitrogens with one attached hydrogen (secondary N) is 1. The number of methoxy groups -OCH3 is 1. The molecular weight excluding hydrogens is 222 g/mol. The second-order valence-electron chi connectivity index (χ2n) is 4.64. The highest BCUT2D eigenvalue weighted by Gasteiger charge is 2.19. The Morgan fingerprint density at radius 2 is 2.33 bits per heavy atom. The summed E-state index contributed by atoms with van der Waals surface area (Å²) in [6.07, 6.45) is 4.56. The van der Waals surface area contributed by atoms with E-state index in [0.717, 1.165) is 18.7 Å². The molecule has 0 amide bonds. The number of rotatable bonds is 4. The van der Waals surface area contributed by atoms with E-state index in [1.807, 2.05) is 6.92 Å². The van der Waals surface area contributed by atoms with Gasteiger partial charge in [-0.3, -0.25) is 0 Å². The molecule has 96 valence electrons. The zero-order valence-corrected chi connectivity index (χ0v) is 11.3. The van der Waals surface area contributed by atoms with Crippen LogP contribution in [0.3, 0.4) is 0 Å². The molecule has 0 saturated carbocycles. The molecule has 2 rings (SSSR count). The lowest BCUT2D eigenvalue weighted by molar-refractivity contribution is 0.411. The van der Waals surface area contributed by atoms with Crippen molar-refractivity contribution in [3.63, 3.8) is 0 Å². The lowest BCUT2D eigenvalue weighted by Gasteiger charge is -2.26. The number of fused-ring (bicyclic) bond motifs is 1. The minimum Gasteiger partial charge on any atom is -0.497 e. The Bertz CT molecular complexity index is 456. The monoisotopic (exact) mass is 243 g/mol. The lowest BCUT2D eigenvalue weighted by atomic mass is 9.87. The van der Waals surface area contributed by atoms with Gasteiger partial charge in [-0.1, -0.05) is 6.07 Å². The third-order valence-electron chi connectivity index (χ3n) is 3.48. The van der Waals surface area contributed by atoms with Crippen molar-refractivity contribution >= 4 is 0 Å². The van der Waals surface area contributed by atoms with Crippen molar-refractivity contribution in [3.8, 4) is 17.6 Å². The number of ether oxygens (including phenoxy) is 1. The molecule has 1 aromatic rings. The molecule has 0 bridgehead atoms. The Morgan fingerprint density at radius 1 is 1.44 bits per heavy atom. The summed E-state index contributed by atoms with van der Waals surface area (Å²) in [5.41, 5.74) is 2.87. The maximum absolute atomic E-state index is 5.29. The van der Waals surface area contributed by atoms with Gasteiger partial charge in [0.25, 0.3) is 0 Å². The second kappa shape index (κ2) is 6.47. The molecule has 0 fully saturated rings. The third-order valence-corrected chi connectivity index (χ3v) is 3.48. The molecule has 2 heteroatoms. The molecule has 1 aliphatic carbocycles. The Labute approximate surface area is 110 Å². The predicted octanol–water partition coefficient (Wildman–Crippen LogP) is 3.08. The Kier molecular flexibility index (Phi) is 4.66. The van der Waals surface area contributed by atoms with Gasteiger partial charge in [0.1, 0.15) is 5.75 Å². The van der Waals surface area contributed by atoms with Crippen molar-refractivity contribution in [2.24, 2.45) is 0 Å². The molecule has 18 heavy (non-hydrogen) atoms. The van der Waals surface area contributed by atoms with E-state index in [-0.39, 0.29) is 0 Å². The van der Waals surface area contributed by atoms with E-state index in [1.54, 1.807) is 7.11 Å². The predicted molar refractivity (Wildman–Crippen MR) is 74.7 cm³/mol. The van der Waals surface area contributed by atoms with Gasteiger partial charge in [0, 0.05) is 19.0 Å². The van der Waals surface area contributed by atoms with Crippen molar-refractivity contribution in [1.29, 1.82) is 0 Å². The Morgan fingerprint density at radius 3 is 3.11 bits per heavy atom. The number of benzene rings is 1. The topological polar surface area (TPSA) is 21.3 Å². The molecule has 0 aliphatic heterocycles. The van der Waals surface area contributed by atoms with Crippen LogP contribution >= 0.6 is 0 Å². The van der Waals surface area contributed by atoms with Crippen LogP contribution in [-0.4, -0.2) is 13.7 Å². The molecule has 1 atom stereocenters. The van der Waals surface area contributed by atoms with Crippen molar-refractivity contribution < 1.29 is 4.74 Å². The van der Waals surface area contributed by atoms with Crippen molar-refractivity contribution in [1.82, 2.24) is 5.32 Å².